The van der Waals surface area contributed by atoms with Gasteiger partial charge >= 0.3 is 6.03 Å². The number of para-hydroxylation sites is 2. The van der Waals surface area contributed by atoms with Crippen LogP contribution in [0.15, 0.2) is 71.6 Å². The molecule has 3 aromatic carbocycles. The summed E-state index contributed by atoms with van der Waals surface area (Å²) in [5.41, 5.74) is 0.880. The molecule has 7 nitrogen and oxygen atoms in total. The van der Waals surface area contributed by atoms with Gasteiger partial charge in [0.05, 0.1) is 26.3 Å². The first-order chi connectivity index (χ1) is 13.7. The van der Waals surface area contributed by atoms with Crippen LogP contribution in [0.25, 0.3) is 0 Å². The van der Waals surface area contributed by atoms with Gasteiger partial charge in [0.1, 0.15) is 5.75 Å². The van der Waals surface area contributed by atoms with Crippen molar-refractivity contribution in [2.45, 2.75) is 4.90 Å². The van der Waals surface area contributed by atoms with Gasteiger partial charge in [-0.25, -0.2) is 13.2 Å². The number of aromatic hydroxyl groups is 1. The Labute approximate surface area is 177 Å². The van der Waals surface area contributed by atoms with Crippen molar-refractivity contribution in [2.24, 2.45) is 0 Å². The molecule has 0 saturated heterocycles. The zero-order valence-electron chi connectivity index (χ0n) is 14.7. The molecular formula is C19H15Cl2N3O4S. The topological polar surface area (TPSA) is 108 Å². The molecule has 0 fully saturated rings. The van der Waals surface area contributed by atoms with E-state index in [1.807, 2.05) is 0 Å². The van der Waals surface area contributed by atoms with Crippen molar-refractivity contribution in [3.63, 3.8) is 0 Å². The smallest absolute Gasteiger partial charge is 0.323 e. The number of urea groups is 1. The second-order valence-corrected chi connectivity index (χ2v) is 8.35. The molecule has 0 aromatic heterocycles. The largest absolute Gasteiger partial charge is 0.506 e. The Bertz CT molecular complexity index is 1150. The lowest BCUT2D eigenvalue weighted by molar-refractivity contribution is 0.262. The summed E-state index contributed by atoms with van der Waals surface area (Å²) in [6.07, 6.45) is 0. The second-order valence-electron chi connectivity index (χ2n) is 5.86. The van der Waals surface area contributed by atoms with Gasteiger partial charge in [0.2, 0.25) is 0 Å². The number of phenolic OH excluding ortho intramolecular Hbond substituents is 1. The molecular weight excluding hydrogens is 437 g/mol. The van der Waals surface area contributed by atoms with E-state index in [9.17, 15) is 18.3 Å². The van der Waals surface area contributed by atoms with Crippen LogP contribution >= 0.6 is 23.2 Å². The zero-order chi connectivity index (χ0) is 21.0. The van der Waals surface area contributed by atoms with E-state index < -0.39 is 16.1 Å². The Morgan fingerprint density at radius 3 is 2.14 bits per heavy atom. The Balaban J connectivity index is 1.68. The average molecular weight is 452 g/mol. The molecule has 0 saturated carbocycles. The van der Waals surface area contributed by atoms with Gasteiger partial charge in [0, 0.05) is 5.69 Å². The fourth-order valence-corrected chi connectivity index (χ4v) is 3.70. The number of nitrogens with one attached hydrogen (secondary N) is 3. The zero-order valence-corrected chi connectivity index (χ0v) is 17.0. The van der Waals surface area contributed by atoms with E-state index in [1.54, 1.807) is 18.2 Å². The van der Waals surface area contributed by atoms with Gasteiger partial charge in [0.15, 0.2) is 0 Å². The quantitative estimate of drug-likeness (QED) is 0.402. The SMILES string of the molecule is O=C(Nc1ccc(S(=O)(=O)Nc2ccc(Cl)c(Cl)c2)cc1)Nc1ccccc1O. The fraction of sp³-hybridized carbons (Fsp3) is 0. The number of carbonyl (C=O) groups is 1. The van der Waals surface area contributed by atoms with Crippen molar-refractivity contribution >= 4 is 56.3 Å². The molecule has 0 atom stereocenters. The average Bonchev–Trinajstić information content (AvgIpc) is 2.67. The van der Waals surface area contributed by atoms with E-state index in [0.717, 1.165) is 0 Å². The molecule has 0 heterocycles. The Hall–Kier alpha value is -2.94. The van der Waals surface area contributed by atoms with Crippen LogP contribution in [0.1, 0.15) is 0 Å². The van der Waals surface area contributed by atoms with E-state index in [1.165, 1.54) is 48.5 Å². The normalized spacial score (nSPS) is 11.0. The molecule has 0 aliphatic heterocycles. The third kappa shape index (κ3) is 5.32. The highest BCUT2D eigenvalue weighted by atomic mass is 35.5. The molecule has 0 bridgehead atoms. The summed E-state index contributed by atoms with van der Waals surface area (Å²) in [6, 6.07) is 15.6. The van der Waals surface area contributed by atoms with Crippen LogP contribution in [0.5, 0.6) is 5.75 Å². The van der Waals surface area contributed by atoms with E-state index >= 15 is 0 Å². The highest BCUT2D eigenvalue weighted by molar-refractivity contribution is 7.92. The molecule has 150 valence electrons. The van der Waals surface area contributed by atoms with Crippen LogP contribution in [-0.2, 0) is 10.0 Å². The first kappa shape index (κ1) is 20.8. The van der Waals surface area contributed by atoms with Crippen LogP contribution in [0, 0.1) is 0 Å². The molecule has 0 unspecified atom stereocenters. The lowest BCUT2D eigenvalue weighted by atomic mass is 10.3. The predicted molar refractivity (Wildman–Crippen MR) is 114 cm³/mol. The van der Waals surface area contributed by atoms with Gasteiger partial charge in [-0.1, -0.05) is 35.3 Å². The number of hydrogen-bond acceptors (Lipinski definition) is 4. The number of halogens is 2. The first-order valence-electron chi connectivity index (χ1n) is 8.18. The molecule has 10 heteroatoms. The lowest BCUT2D eigenvalue weighted by Gasteiger charge is -2.11. The van der Waals surface area contributed by atoms with E-state index in [0.29, 0.717) is 10.7 Å². The van der Waals surface area contributed by atoms with Gasteiger partial charge in [-0.2, -0.15) is 0 Å². The van der Waals surface area contributed by atoms with Crippen LogP contribution in [-0.4, -0.2) is 19.6 Å². The van der Waals surface area contributed by atoms with Gasteiger partial charge in [-0.15, -0.1) is 0 Å². The third-order valence-electron chi connectivity index (χ3n) is 3.75. The predicted octanol–water partition coefficient (Wildman–Crippen LogP) is 5.14. The highest BCUT2D eigenvalue weighted by Crippen LogP contribution is 2.27. The molecule has 3 aromatic rings. The number of sulfonamides is 1. The fourth-order valence-electron chi connectivity index (χ4n) is 2.36. The van der Waals surface area contributed by atoms with Crippen molar-refractivity contribution < 1.29 is 18.3 Å². The number of benzene rings is 3. The van der Waals surface area contributed by atoms with Gasteiger partial charge in [0.25, 0.3) is 10.0 Å². The number of anilines is 3. The van der Waals surface area contributed by atoms with Crippen molar-refractivity contribution in [1.82, 2.24) is 0 Å². The molecule has 0 radical (unpaired) electrons. The minimum absolute atomic E-state index is 0.00441. The van der Waals surface area contributed by atoms with Crippen molar-refractivity contribution in [3.05, 3.63) is 76.8 Å². The number of phenols is 1. The summed E-state index contributed by atoms with van der Waals surface area (Å²) in [7, 11) is -3.86. The Kier molecular flexibility index (Phi) is 6.17. The number of hydrogen-bond donors (Lipinski definition) is 4. The maximum Gasteiger partial charge on any atom is 0.323 e. The summed E-state index contributed by atoms with van der Waals surface area (Å²) >= 11 is 11.7. The van der Waals surface area contributed by atoms with Crippen LogP contribution in [0.2, 0.25) is 10.0 Å². The molecule has 29 heavy (non-hydrogen) atoms. The minimum Gasteiger partial charge on any atom is -0.506 e. The van der Waals surface area contributed by atoms with Crippen molar-refractivity contribution in [3.8, 4) is 5.75 Å². The van der Waals surface area contributed by atoms with Crippen LogP contribution in [0.4, 0.5) is 21.9 Å². The van der Waals surface area contributed by atoms with E-state index in [4.69, 9.17) is 23.2 Å². The lowest BCUT2D eigenvalue weighted by Crippen LogP contribution is -2.19. The van der Waals surface area contributed by atoms with E-state index in [-0.39, 0.29) is 27.0 Å². The first-order valence-corrected chi connectivity index (χ1v) is 10.4. The van der Waals surface area contributed by atoms with E-state index in [2.05, 4.69) is 15.4 Å². The molecule has 2 amide bonds. The molecule has 0 aliphatic rings. The Morgan fingerprint density at radius 1 is 0.828 bits per heavy atom. The Morgan fingerprint density at radius 2 is 1.48 bits per heavy atom. The summed E-state index contributed by atoms with van der Waals surface area (Å²) in [5.74, 6) is -0.0718. The molecule has 4 N–H and O–H groups in total. The summed E-state index contributed by atoms with van der Waals surface area (Å²) in [6.45, 7) is 0. The maximum absolute atomic E-state index is 12.5. The molecule has 0 aliphatic carbocycles. The number of rotatable bonds is 5. The second kappa shape index (κ2) is 8.60. The number of amides is 2. The standard InChI is InChI=1S/C19H15Cl2N3O4S/c20-15-10-7-13(11-16(15)21)24-29(27,28)14-8-5-12(6-9-14)22-19(26)23-17-3-1-2-4-18(17)25/h1-11,24-25H,(H2,22,23,26). The summed E-state index contributed by atoms with van der Waals surface area (Å²) in [4.78, 5) is 12.0. The van der Waals surface area contributed by atoms with Crippen LogP contribution < -0.4 is 15.4 Å². The highest BCUT2D eigenvalue weighted by Gasteiger charge is 2.15. The molecule has 3 rings (SSSR count). The van der Waals surface area contributed by atoms with Gasteiger partial charge in [-0.3, -0.25) is 4.72 Å². The summed E-state index contributed by atoms with van der Waals surface area (Å²) in [5, 5.41) is 15.3. The number of carbonyl (C=O) groups excluding carboxylic acids is 1. The van der Waals surface area contributed by atoms with Crippen molar-refractivity contribution in [1.29, 1.82) is 0 Å². The third-order valence-corrected chi connectivity index (χ3v) is 5.88. The molecule has 0 spiro atoms. The maximum atomic E-state index is 12.5. The monoisotopic (exact) mass is 451 g/mol. The van der Waals surface area contributed by atoms with Crippen molar-refractivity contribution in [2.75, 3.05) is 15.4 Å². The van der Waals surface area contributed by atoms with Gasteiger partial charge in [-0.05, 0) is 54.6 Å². The minimum atomic E-state index is -3.86. The summed E-state index contributed by atoms with van der Waals surface area (Å²) < 4.78 is 27.4. The van der Waals surface area contributed by atoms with Gasteiger partial charge < -0.3 is 15.7 Å². The van der Waals surface area contributed by atoms with Crippen LogP contribution in [0.3, 0.4) is 0 Å².